The van der Waals surface area contributed by atoms with Crippen LogP contribution in [-0.4, -0.2) is 36.3 Å². The van der Waals surface area contributed by atoms with Crippen LogP contribution in [0, 0.1) is 5.82 Å². The van der Waals surface area contributed by atoms with Crippen molar-refractivity contribution in [2.75, 3.05) is 36.9 Å². The molecule has 2 N–H and O–H groups in total. The standard InChI is InChI=1S/C23H23FN4OS/c24-18-3-1-2-4-19(18)30-23(9-10-23)20-15-21(28-11-13-29-14-12-28)27-22(26-20)16-5-7-17(25)8-6-16/h1-8,15H,9-14,25H2. The quantitative estimate of drug-likeness (QED) is 0.612. The lowest BCUT2D eigenvalue weighted by Gasteiger charge is -2.29. The van der Waals surface area contributed by atoms with Gasteiger partial charge < -0.3 is 15.4 Å². The Morgan fingerprint density at radius 2 is 1.73 bits per heavy atom. The van der Waals surface area contributed by atoms with Crippen LogP contribution in [0.1, 0.15) is 18.5 Å². The van der Waals surface area contributed by atoms with E-state index in [-0.39, 0.29) is 10.6 Å². The summed E-state index contributed by atoms with van der Waals surface area (Å²) in [7, 11) is 0. The van der Waals surface area contributed by atoms with E-state index >= 15 is 0 Å². The zero-order valence-electron chi connectivity index (χ0n) is 16.6. The van der Waals surface area contributed by atoms with Crippen LogP contribution in [0.5, 0.6) is 0 Å². The lowest BCUT2D eigenvalue weighted by atomic mass is 10.1. The Bertz CT molecular complexity index is 1050. The minimum atomic E-state index is -0.214. The highest BCUT2D eigenvalue weighted by Gasteiger charge is 2.48. The van der Waals surface area contributed by atoms with Crippen molar-refractivity contribution in [2.24, 2.45) is 0 Å². The van der Waals surface area contributed by atoms with Gasteiger partial charge in [0.15, 0.2) is 5.82 Å². The Morgan fingerprint density at radius 3 is 2.43 bits per heavy atom. The highest BCUT2D eigenvalue weighted by atomic mass is 32.2. The van der Waals surface area contributed by atoms with Crippen LogP contribution >= 0.6 is 11.8 Å². The predicted molar refractivity (Wildman–Crippen MR) is 118 cm³/mol. The van der Waals surface area contributed by atoms with Crippen molar-refractivity contribution >= 4 is 23.3 Å². The predicted octanol–water partition coefficient (Wildman–Crippen LogP) is 4.48. The lowest BCUT2D eigenvalue weighted by molar-refractivity contribution is 0.122. The maximum Gasteiger partial charge on any atom is 0.161 e. The molecule has 1 saturated carbocycles. The molecule has 2 fully saturated rings. The normalized spacial score (nSPS) is 17.7. The first kappa shape index (κ1) is 19.3. The van der Waals surface area contributed by atoms with Crippen molar-refractivity contribution in [3.8, 4) is 11.4 Å². The van der Waals surface area contributed by atoms with Crippen molar-refractivity contribution in [3.05, 3.63) is 66.1 Å². The highest BCUT2D eigenvalue weighted by molar-refractivity contribution is 8.00. The molecule has 0 unspecified atom stereocenters. The van der Waals surface area contributed by atoms with Crippen LogP contribution < -0.4 is 10.6 Å². The molecule has 1 aliphatic carbocycles. The molecule has 30 heavy (non-hydrogen) atoms. The molecule has 1 aromatic heterocycles. The van der Waals surface area contributed by atoms with E-state index in [1.54, 1.807) is 17.8 Å². The molecule has 0 amide bonds. The van der Waals surface area contributed by atoms with Gasteiger partial charge in [0.25, 0.3) is 0 Å². The Morgan fingerprint density at radius 1 is 1.00 bits per heavy atom. The number of anilines is 2. The number of hydrogen-bond donors (Lipinski definition) is 1. The summed E-state index contributed by atoms with van der Waals surface area (Å²) < 4.78 is 19.6. The summed E-state index contributed by atoms with van der Waals surface area (Å²) >= 11 is 1.57. The number of benzene rings is 2. The summed E-state index contributed by atoms with van der Waals surface area (Å²) in [4.78, 5) is 12.7. The first-order valence-electron chi connectivity index (χ1n) is 10.1. The number of morpholine rings is 1. The van der Waals surface area contributed by atoms with E-state index < -0.39 is 0 Å². The average molecular weight is 423 g/mol. The number of hydrogen-bond acceptors (Lipinski definition) is 6. The highest BCUT2D eigenvalue weighted by Crippen LogP contribution is 2.59. The second-order valence-corrected chi connectivity index (χ2v) is 9.11. The van der Waals surface area contributed by atoms with Crippen LogP contribution in [0.25, 0.3) is 11.4 Å². The Hall–Kier alpha value is -2.64. The molecule has 2 heterocycles. The number of nitrogens with two attached hydrogens (primary N) is 1. The van der Waals surface area contributed by atoms with E-state index in [4.69, 9.17) is 20.4 Å². The Balaban J connectivity index is 1.55. The van der Waals surface area contributed by atoms with E-state index in [1.807, 2.05) is 36.4 Å². The molecular formula is C23H23FN4OS. The molecule has 0 radical (unpaired) electrons. The van der Waals surface area contributed by atoms with E-state index in [1.165, 1.54) is 6.07 Å². The molecule has 0 atom stereocenters. The van der Waals surface area contributed by atoms with Gasteiger partial charge in [-0.3, -0.25) is 0 Å². The molecule has 154 valence electrons. The largest absolute Gasteiger partial charge is 0.399 e. The number of nitrogens with zero attached hydrogens (tertiary/aromatic N) is 3. The fraction of sp³-hybridized carbons (Fsp3) is 0.304. The molecule has 5 rings (SSSR count). The van der Waals surface area contributed by atoms with Gasteiger partial charge in [0.05, 0.1) is 23.7 Å². The molecule has 0 spiro atoms. The summed E-state index contributed by atoms with van der Waals surface area (Å²) in [5.74, 6) is 1.39. The summed E-state index contributed by atoms with van der Waals surface area (Å²) in [5, 5.41) is 0. The van der Waals surface area contributed by atoms with E-state index in [2.05, 4.69) is 11.0 Å². The first-order valence-corrected chi connectivity index (χ1v) is 11.0. The van der Waals surface area contributed by atoms with Crippen molar-refractivity contribution in [1.82, 2.24) is 9.97 Å². The zero-order chi connectivity index (χ0) is 20.6. The first-order chi connectivity index (χ1) is 14.6. The molecule has 0 bridgehead atoms. The second-order valence-electron chi connectivity index (χ2n) is 7.68. The number of nitrogen functional groups attached to an aromatic ring is 1. The van der Waals surface area contributed by atoms with Crippen molar-refractivity contribution in [3.63, 3.8) is 0 Å². The summed E-state index contributed by atoms with van der Waals surface area (Å²) in [6.07, 6.45) is 1.93. The summed E-state index contributed by atoms with van der Waals surface area (Å²) in [6.45, 7) is 2.97. The van der Waals surface area contributed by atoms with Crippen molar-refractivity contribution in [1.29, 1.82) is 0 Å². The van der Waals surface area contributed by atoms with Gasteiger partial charge in [-0.05, 0) is 49.2 Å². The minimum absolute atomic E-state index is 0.185. The fourth-order valence-corrected chi connectivity index (χ4v) is 4.89. The Kier molecular flexibility index (Phi) is 5.08. The van der Waals surface area contributed by atoms with Crippen LogP contribution in [-0.2, 0) is 9.48 Å². The third-order valence-corrected chi connectivity index (χ3v) is 7.09. The van der Waals surface area contributed by atoms with Gasteiger partial charge in [-0.15, -0.1) is 11.8 Å². The molecule has 1 saturated heterocycles. The summed E-state index contributed by atoms with van der Waals surface area (Å²) in [5.41, 5.74) is 8.45. The van der Waals surface area contributed by atoms with Gasteiger partial charge in [0, 0.05) is 35.3 Å². The lowest BCUT2D eigenvalue weighted by Crippen LogP contribution is -2.37. The fourth-order valence-electron chi connectivity index (χ4n) is 3.65. The van der Waals surface area contributed by atoms with Crippen molar-refractivity contribution in [2.45, 2.75) is 22.5 Å². The van der Waals surface area contributed by atoms with Crippen LogP contribution in [0.4, 0.5) is 15.9 Å². The van der Waals surface area contributed by atoms with E-state index in [0.717, 1.165) is 43.0 Å². The third kappa shape index (κ3) is 3.87. The summed E-state index contributed by atoms with van der Waals surface area (Å²) in [6, 6.07) is 16.6. The van der Waals surface area contributed by atoms with Crippen molar-refractivity contribution < 1.29 is 9.13 Å². The molecular weight excluding hydrogens is 399 g/mol. The number of thioether (sulfide) groups is 1. The SMILES string of the molecule is Nc1ccc(-c2nc(N3CCOCC3)cc(C3(Sc4ccccc4F)CC3)n2)cc1. The number of halogens is 1. The zero-order valence-corrected chi connectivity index (χ0v) is 17.4. The maximum atomic E-state index is 14.3. The van der Waals surface area contributed by atoms with Crippen LogP contribution in [0.3, 0.4) is 0 Å². The molecule has 2 aromatic carbocycles. The van der Waals surface area contributed by atoms with Crippen LogP contribution in [0.2, 0.25) is 0 Å². The number of aromatic nitrogens is 2. The maximum absolute atomic E-state index is 14.3. The smallest absolute Gasteiger partial charge is 0.161 e. The number of ether oxygens (including phenoxy) is 1. The topological polar surface area (TPSA) is 64.3 Å². The van der Waals surface area contributed by atoms with Gasteiger partial charge in [0.1, 0.15) is 11.6 Å². The van der Waals surface area contributed by atoms with Crippen LogP contribution in [0.15, 0.2) is 59.5 Å². The van der Waals surface area contributed by atoms with Gasteiger partial charge in [-0.2, -0.15) is 0 Å². The molecule has 7 heteroatoms. The van der Waals surface area contributed by atoms with E-state index in [0.29, 0.717) is 29.6 Å². The minimum Gasteiger partial charge on any atom is -0.399 e. The van der Waals surface area contributed by atoms with Gasteiger partial charge in [-0.1, -0.05) is 12.1 Å². The molecule has 1 aliphatic heterocycles. The van der Waals surface area contributed by atoms with Gasteiger partial charge in [-0.25, -0.2) is 14.4 Å². The van der Waals surface area contributed by atoms with Gasteiger partial charge in [0.2, 0.25) is 0 Å². The number of rotatable bonds is 5. The third-order valence-electron chi connectivity index (χ3n) is 5.53. The van der Waals surface area contributed by atoms with Gasteiger partial charge >= 0.3 is 0 Å². The monoisotopic (exact) mass is 422 g/mol. The second kappa shape index (κ2) is 7.89. The van der Waals surface area contributed by atoms with E-state index in [9.17, 15) is 4.39 Å². The molecule has 5 nitrogen and oxygen atoms in total. The average Bonchev–Trinajstić information content (AvgIpc) is 3.57. The molecule has 3 aromatic rings. The molecule has 2 aliphatic rings. The Labute approximate surface area is 179 Å².